The Morgan fingerprint density at radius 2 is 1.77 bits per heavy atom. The summed E-state index contributed by atoms with van der Waals surface area (Å²) in [5, 5.41) is 15.3. The Labute approximate surface area is 178 Å². The summed E-state index contributed by atoms with van der Waals surface area (Å²) >= 11 is 0.728. The van der Waals surface area contributed by atoms with E-state index in [0.717, 1.165) is 17.3 Å². The van der Waals surface area contributed by atoms with Gasteiger partial charge in [0.2, 0.25) is 17.7 Å². The van der Waals surface area contributed by atoms with Gasteiger partial charge in [-0.25, -0.2) is 4.79 Å². The average Bonchev–Trinajstić information content (AvgIpc) is 2.97. The number of carbonyl (C=O) groups is 5. The van der Waals surface area contributed by atoms with Crippen molar-refractivity contribution in [1.29, 1.82) is 0 Å². The smallest absolute Gasteiger partial charge is 0.326 e. The molecule has 1 unspecified atom stereocenters. The van der Waals surface area contributed by atoms with E-state index in [9.17, 15) is 29.1 Å². The minimum absolute atomic E-state index is 0.0455. The van der Waals surface area contributed by atoms with Gasteiger partial charge in [-0.3, -0.25) is 24.5 Å². The van der Waals surface area contributed by atoms with Crippen LogP contribution in [0, 0.1) is 5.92 Å². The van der Waals surface area contributed by atoms with Crippen LogP contribution in [0.1, 0.15) is 32.3 Å². The first-order chi connectivity index (χ1) is 14.2. The SMILES string of the molecule is CC(C)C[C@H](NC(=O)CC1SC(=O)NC1=O)C(=O)N[C@@H](Cc1ccccc1)C(=O)O. The monoisotopic (exact) mass is 435 g/mol. The number of carboxylic acids is 1. The van der Waals surface area contributed by atoms with Crippen molar-refractivity contribution in [3.05, 3.63) is 35.9 Å². The van der Waals surface area contributed by atoms with E-state index < -0.39 is 46.3 Å². The molecule has 1 aliphatic heterocycles. The number of carboxylic acid groups (broad SMARTS) is 1. The molecule has 1 saturated heterocycles. The predicted molar refractivity (Wildman–Crippen MR) is 111 cm³/mol. The largest absolute Gasteiger partial charge is 0.480 e. The molecular weight excluding hydrogens is 410 g/mol. The van der Waals surface area contributed by atoms with Gasteiger partial charge in [0.1, 0.15) is 17.3 Å². The molecule has 2 rings (SSSR count). The molecule has 0 saturated carbocycles. The molecule has 30 heavy (non-hydrogen) atoms. The lowest BCUT2D eigenvalue weighted by atomic mass is 10.0. The maximum atomic E-state index is 12.7. The highest BCUT2D eigenvalue weighted by Crippen LogP contribution is 2.22. The van der Waals surface area contributed by atoms with Gasteiger partial charge in [0.05, 0.1) is 0 Å². The lowest BCUT2D eigenvalue weighted by Gasteiger charge is -2.23. The number of rotatable bonds is 10. The number of nitrogens with one attached hydrogen (secondary N) is 3. The molecule has 0 aromatic heterocycles. The second kappa shape index (κ2) is 10.8. The molecule has 0 radical (unpaired) electrons. The average molecular weight is 436 g/mol. The number of hydrogen-bond donors (Lipinski definition) is 4. The quantitative estimate of drug-likeness (QED) is 0.431. The molecule has 3 atom stereocenters. The highest BCUT2D eigenvalue weighted by molar-refractivity contribution is 8.15. The van der Waals surface area contributed by atoms with Crippen LogP contribution in [-0.2, 0) is 25.6 Å². The minimum atomic E-state index is -1.18. The van der Waals surface area contributed by atoms with Gasteiger partial charge in [0.15, 0.2) is 0 Å². The van der Waals surface area contributed by atoms with Crippen LogP contribution >= 0.6 is 11.8 Å². The zero-order valence-corrected chi connectivity index (χ0v) is 17.5. The molecular formula is C20H25N3O6S. The number of carbonyl (C=O) groups excluding carboxylic acids is 4. The Balaban J connectivity index is 2.02. The van der Waals surface area contributed by atoms with Gasteiger partial charge >= 0.3 is 5.97 Å². The van der Waals surface area contributed by atoms with Crippen molar-refractivity contribution in [3.8, 4) is 0 Å². The fourth-order valence-corrected chi connectivity index (χ4v) is 3.79. The van der Waals surface area contributed by atoms with E-state index in [2.05, 4.69) is 16.0 Å². The maximum absolute atomic E-state index is 12.7. The summed E-state index contributed by atoms with van der Waals surface area (Å²) < 4.78 is 0. The van der Waals surface area contributed by atoms with E-state index in [1.807, 2.05) is 19.9 Å². The zero-order chi connectivity index (χ0) is 22.3. The number of hydrogen-bond acceptors (Lipinski definition) is 6. The first kappa shape index (κ1) is 23.4. The summed E-state index contributed by atoms with van der Waals surface area (Å²) in [4.78, 5) is 59.6. The van der Waals surface area contributed by atoms with Crippen molar-refractivity contribution in [1.82, 2.24) is 16.0 Å². The summed E-state index contributed by atoms with van der Waals surface area (Å²) in [6.45, 7) is 3.73. The third-order valence-electron chi connectivity index (χ3n) is 4.39. The molecule has 1 aromatic carbocycles. The Morgan fingerprint density at radius 3 is 2.30 bits per heavy atom. The zero-order valence-electron chi connectivity index (χ0n) is 16.7. The van der Waals surface area contributed by atoms with Gasteiger partial charge in [0.25, 0.3) is 5.24 Å². The van der Waals surface area contributed by atoms with Crippen molar-refractivity contribution < 1.29 is 29.1 Å². The van der Waals surface area contributed by atoms with Crippen LogP contribution in [0.25, 0.3) is 0 Å². The third kappa shape index (κ3) is 7.18. The van der Waals surface area contributed by atoms with Gasteiger partial charge < -0.3 is 15.7 Å². The highest BCUT2D eigenvalue weighted by atomic mass is 32.2. The Bertz CT molecular complexity index is 814. The van der Waals surface area contributed by atoms with Crippen LogP contribution in [0.5, 0.6) is 0 Å². The minimum Gasteiger partial charge on any atom is -0.480 e. The predicted octanol–water partition coefficient (Wildman–Crippen LogP) is 1.07. The van der Waals surface area contributed by atoms with E-state index in [0.29, 0.717) is 0 Å². The van der Waals surface area contributed by atoms with Gasteiger partial charge in [-0.1, -0.05) is 55.9 Å². The second-order valence-electron chi connectivity index (χ2n) is 7.43. The number of aliphatic carboxylic acids is 1. The van der Waals surface area contributed by atoms with Crippen LogP contribution in [0.2, 0.25) is 0 Å². The van der Waals surface area contributed by atoms with Gasteiger partial charge in [-0.2, -0.15) is 0 Å². The van der Waals surface area contributed by atoms with Crippen molar-refractivity contribution in [3.63, 3.8) is 0 Å². The van der Waals surface area contributed by atoms with Gasteiger partial charge in [0, 0.05) is 12.8 Å². The van der Waals surface area contributed by atoms with Crippen LogP contribution in [0.15, 0.2) is 30.3 Å². The molecule has 4 N–H and O–H groups in total. The standard InChI is InChI=1S/C20H25N3O6S/c1-11(2)8-13(21-16(24)10-15-18(26)23-20(29)30-15)17(25)22-14(19(27)28)9-12-6-4-3-5-7-12/h3-7,11,13-15H,8-10H2,1-2H3,(H,21,24)(H,22,25)(H,27,28)(H,23,26,29)/t13-,14-,15?/m0/s1. The molecule has 1 aromatic rings. The Morgan fingerprint density at radius 1 is 1.10 bits per heavy atom. The van der Waals surface area contributed by atoms with Gasteiger partial charge in [-0.05, 0) is 17.9 Å². The fraction of sp³-hybridized carbons (Fsp3) is 0.450. The Kier molecular flexibility index (Phi) is 8.40. The Hall–Kier alpha value is -2.88. The lowest BCUT2D eigenvalue weighted by Crippen LogP contribution is -2.53. The molecule has 4 amide bonds. The van der Waals surface area contributed by atoms with E-state index in [4.69, 9.17) is 0 Å². The van der Waals surface area contributed by atoms with E-state index in [-0.39, 0.29) is 25.2 Å². The van der Waals surface area contributed by atoms with Crippen LogP contribution < -0.4 is 16.0 Å². The second-order valence-corrected chi connectivity index (χ2v) is 8.60. The fourth-order valence-electron chi connectivity index (χ4n) is 2.97. The summed E-state index contributed by atoms with van der Waals surface area (Å²) in [5.74, 6) is -2.85. The van der Waals surface area contributed by atoms with Gasteiger partial charge in [-0.15, -0.1) is 0 Å². The summed E-state index contributed by atoms with van der Waals surface area (Å²) in [6, 6.07) is 6.78. The lowest BCUT2D eigenvalue weighted by molar-refractivity contribution is -0.142. The summed E-state index contributed by atoms with van der Waals surface area (Å²) in [5.41, 5.74) is 0.753. The summed E-state index contributed by atoms with van der Waals surface area (Å²) in [7, 11) is 0. The van der Waals surface area contributed by atoms with E-state index in [1.165, 1.54) is 0 Å². The first-order valence-electron chi connectivity index (χ1n) is 9.53. The number of amides is 4. The molecule has 0 aliphatic carbocycles. The van der Waals surface area contributed by atoms with Crippen LogP contribution in [-0.4, -0.2) is 51.4 Å². The molecule has 1 heterocycles. The number of imide groups is 1. The van der Waals surface area contributed by atoms with Crippen molar-refractivity contribution in [2.75, 3.05) is 0 Å². The van der Waals surface area contributed by atoms with Crippen molar-refractivity contribution in [2.24, 2.45) is 5.92 Å². The maximum Gasteiger partial charge on any atom is 0.326 e. The molecule has 0 spiro atoms. The van der Waals surface area contributed by atoms with Crippen LogP contribution in [0.4, 0.5) is 4.79 Å². The van der Waals surface area contributed by atoms with Crippen molar-refractivity contribution in [2.45, 2.75) is 50.4 Å². The molecule has 9 nitrogen and oxygen atoms in total. The summed E-state index contributed by atoms with van der Waals surface area (Å²) in [6.07, 6.45) is 0.139. The third-order valence-corrected chi connectivity index (χ3v) is 5.38. The normalized spacial score (nSPS) is 17.9. The molecule has 10 heteroatoms. The topological polar surface area (TPSA) is 142 Å². The van der Waals surface area contributed by atoms with Crippen molar-refractivity contribution >= 4 is 40.7 Å². The molecule has 1 fully saturated rings. The molecule has 162 valence electrons. The first-order valence-corrected chi connectivity index (χ1v) is 10.4. The van der Waals surface area contributed by atoms with Crippen LogP contribution in [0.3, 0.4) is 0 Å². The van der Waals surface area contributed by atoms with E-state index >= 15 is 0 Å². The number of thioether (sulfide) groups is 1. The molecule has 0 bridgehead atoms. The molecule has 1 aliphatic rings. The van der Waals surface area contributed by atoms with E-state index in [1.54, 1.807) is 24.3 Å². The number of benzene rings is 1. The highest BCUT2D eigenvalue weighted by Gasteiger charge is 2.34.